The van der Waals surface area contributed by atoms with E-state index in [1.54, 1.807) is 6.92 Å². The summed E-state index contributed by atoms with van der Waals surface area (Å²) >= 11 is 0. The van der Waals surface area contributed by atoms with Crippen molar-refractivity contribution in [3.8, 4) is 5.82 Å². The molecule has 0 saturated heterocycles. The molecule has 0 aliphatic carbocycles. The number of primary amides is 1. The van der Waals surface area contributed by atoms with Crippen molar-refractivity contribution in [3.63, 3.8) is 0 Å². The first-order valence-electron chi connectivity index (χ1n) is 4.87. The van der Waals surface area contributed by atoms with Gasteiger partial charge in [-0.05, 0) is 6.92 Å². The average molecular weight is 270 g/mol. The topological polar surface area (TPSA) is 126 Å². The molecule has 1 amide bonds. The maximum atomic E-state index is 11.0. The number of carbonyl (C=O) groups is 1. The molecule has 0 aliphatic heterocycles. The molecule has 0 saturated carbocycles. The Morgan fingerprint density at radius 2 is 2.06 bits per heavy atom. The van der Waals surface area contributed by atoms with Crippen LogP contribution < -0.4 is 11.5 Å². The third-order valence-electron chi connectivity index (χ3n) is 2.10. The fourth-order valence-electron chi connectivity index (χ4n) is 1.34. The maximum Gasteiger partial charge on any atom is 0.267 e. The summed E-state index contributed by atoms with van der Waals surface area (Å²) in [7, 11) is 0. The monoisotopic (exact) mass is 269 g/mol. The maximum absolute atomic E-state index is 11.0. The molecule has 0 fully saturated rings. The van der Waals surface area contributed by atoms with E-state index in [0.29, 0.717) is 11.6 Å². The van der Waals surface area contributed by atoms with Gasteiger partial charge >= 0.3 is 0 Å². The van der Waals surface area contributed by atoms with Gasteiger partial charge in [-0.2, -0.15) is 9.78 Å². The summed E-state index contributed by atoms with van der Waals surface area (Å²) in [6.45, 7) is 1.77. The molecule has 18 heavy (non-hydrogen) atoms. The number of aromatic nitrogens is 5. The van der Waals surface area contributed by atoms with Gasteiger partial charge in [0.05, 0.1) is 6.04 Å². The van der Waals surface area contributed by atoms with Crippen molar-refractivity contribution in [3.05, 3.63) is 30.2 Å². The molecule has 0 spiro atoms. The van der Waals surface area contributed by atoms with Crippen LogP contribution in [0.25, 0.3) is 5.82 Å². The molecule has 0 aliphatic rings. The Kier molecular flexibility index (Phi) is 4.29. The van der Waals surface area contributed by atoms with Crippen molar-refractivity contribution in [2.24, 2.45) is 11.5 Å². The van der Waals surface area contributed by atoms with Gasteiger partial charge in [0.15, 0.2) is 11.6 Å². The van der Waals surface area contributed by atoms with Crippen LogP contribution in [0.2, 0.25) is 0 Å². The number of carbonyl (C=O) groups excluding carboxylic acids is 1. The summed E-state index contributed by atoms with van der Waals surface area (Å²) in [6, 6.07) is 1.13. The van der Waals surface area contributed by atoms with Gasteiger partial charge in [-0.15, -0.1) is 12.4 Å². The minimum absolute atomic E-state index is 0. The van der Waals surface area contributed by atoms with E-state index < -0.39 is 5.91 Å². The van der Waals surface area contributed by atoms with Crippen molar-refractivity contribution in [1.29, 1.82) is 0 Å². The molecule has 0 radical (unpaired) electrons. The third kappa shape index (κ3) is 2.60. The van der Waals surface area contributed by atoms with Crippen molar-refractivity contribution < 1.29 is 4.79 Å². The zero-order valence-corrected chi connectivity index (χ0v) is 10.3. The molecule has 8 nitrogen and oxygen atoms in total. The molecule has 0 aromatic carbocycles. The van der Waals surface area contributed by atoms with Crippen LogP contribution in [0, 0.1) is 0 Å². The lowest BCUT2D eigenvalue weighted by molar-refractivity contribution is 0.0995. The van der Waals surface area contributed by atoms with Crippen molar-refractivity contribution in [2.45, 2.75) is 13.0 Å². The van der Waals surface area contributed by atoms with E-state index in [1.165, 1.54) is 23.4 Å². The predicted molar refractivity (Wildman–Crippen MR) is 65.3 cm³/mol. The third-order valence-corrected chi connectivity index (χ3v) is 2.10. The van der Waals surface area contributed by atoms with Gasteiger partial charge in [0, 0.05) is 6.07 Å². The fourth-order valence-corrected chi connectivity index (χ4v) is 1.34. The van der Waals surface area contributed by atoms with Crippen molar-refractivity contribution in [1.82, 2.24) is 24.7 Å². The van der Waals surface area contributed by atoms with E-state index in [-0.39, 0.29) is 24.1 Å². The Morgan fingerprint density at radius 3 is 2.67 bits per heavy atom. The molecule has 1 unspecified atom stereocenters. The van der Waals surface area contributed by atoms with E-state index in [9.17, 15) is 4.79 Å². The van der Waals surface area contributed by atoms with Crippen LogP contribution in [-0.2, 0) is 0 Å². The SMILES string of the molecule is CC(N)c1ncnn1-c1cc(C(N)=O)ncn1.Cl. The first kappa shape index (κ1) is 14.0. The zero-order chi connectivity index (χ0) is 12.4. The van der Waals surface area contributed by atoms with Crippen LogP contribution in [0.1, 0.15) is 29.3 Å². The quantitative estimate of drug-likeness (QED) is 0.781. The summed E-state index contributed by atoms with van der Waals surface area (Å²) in [5.41, 5.74) is 11.0. The molecule has 2 aromatic rings. The number of hydrogen-bond acceptors (Lipinski definition) is 6. The molecule has 2 rings (SSSR count). The van der Waals surface area contributed by atoms with Gasteiger partial charge in [0.25, 0.3) is 5.91 Å². The van der Waals surface area contributed by atoms with Crippen molar-refractivity contribution >= 4 is 18.3 Å². The summed E-state index contributed by atoms with van der Waals surface area (Å²) in [5.74, 6) is 0.314. The van der Waals surface area contributed by atoms with Crippen LogP contribution in [0.3, 0.4) is 0 Å². The molecular weight excluding hydrogens is 258 g/mol. The molecular formula is C9H12ClN7O. The molecule has 4 N–H and O–H groups in total. The lowest BCUT2D eigenvalue weighted by atomic mass is 10.3. The molecule has 2 aromatic heterocycles. The smallest absolute Gasteiger partial charge is 0.267 e. The van der Waals surface area contributed by atoms with Crippen LogP contribution in [-0.4, -0.2) is 30.6 Å². The highest BCUT2D eigenvalue weighted by molar-refractivity contribution is 5.90. The molecule has 0 bridgehead atoms. The van der Waals surface area contributed by atoms with Gasteiger partial charge in [-0.25, -0.2) is 15.0 Å². The summed E-state index contributed by atoms with van der Waals surface area (Å²) in [5, 5.41) is 3.99. The van der Waals surface area contributed by atoms with Crippen LogP contribution in [0.5, 0.6) is 0 Å². The number of nitrogens with zero attached hydrogens (tertiary/aromatic N) is 5. The van der Waals surface area contributed by atoms with Crippen LogP contribution >= 0.6 is 12.4 Å². The van der Waals surface area contributed by atoms with E-state index >= 15 is 0 Å². The first-order valence-corrected chi connectivity index (χ1v) is 4.87. The van der Waals surface area contributed by atoms with E-state index in [0.717, 1.165) is 0 Å². The summed E-state index contributed by atoms with van der Waals surface area (Å²) in [6.07, 6.45) is 2.60. The number of nitrogens with two attached hydrogens (primary N) is 2. The lowest BCUT2D eigenvalue weighted by Gasteiger charge is -2.07. The van der Waals surface area contributed by atoms with Gasteiger partial charge in [-0.1, -0.05) is 0 Å². The normalized spacial score (nSPS) is 11.7. The van der Waals surface area contributed by atoms with Gasteiger partial charge in [0.1, 0.15) is 18.3 Å². The van der Waals surface area contributed by atoms with Gasteiger partial charge < -0.3 is 11.5 Å². The van der Waals surface area contributed by atoms with Gasteiger partial charge in [0.2, 0.25) is 0 Å². The number of amides is 1. The second-order valence-corrected chi connectivity index (χ2v) is 3.44. The zero-order valence-electron chi connectivity index (χ0n) is 9.52. The van der Waals surface area contributed by atoms with E-state index in [1.807, 2.05) is 0 Å². The Hall–Kier alpha value is -2.06. The lowest BCUT2D eigenvalue weighted by Crippen LogP contribution is -2.17. The summed E-state index contributed by atoms with van der Waals surface area (Å²) < 4.78 is 1.44. The highest BCUT2D eigenvalue weighted by Gasteiger charge is 2.13. The minimum Gasteiger partial charge on any atom is -0.364 e. The highest BCUT2D eigenvalue weighted by atomic mass is 35.5. The van der Waals surface area contributed by atoms with Gasteiger partial charge in [-0.3, -0.25) is 4.79 Å². The number of hydrogen-bond donors (Lipinski definition) is 2. The second-order valence-electron chi connectivity index (χ2n) is 3.44. The molecule has 1 atom stereocenters. The van der Waals surface area contributed by atoms with Crippen LogP contribution in [0.15, 0.2) is 18.7 Å². The predicted octanol–water partition coefficient (Wildman–Crippen LogP) is -0.402. The molecule has 2 heterocycles. The standard InChI is InChI=1S/C9H11N7O.ClH/c1-5(10)9-14-4-15-16(9)7-2-6(8(11)17)12-3-13-7;/h2-5H,10H2,1H3,(H2,11,17);1H. The fraction of sp³-hybridized carbons (Fsp3) is 0.222. The Labute approximate surface area is 109 Å². The first-order chi connectivity index (χ1) is 8.09. The number of halogens is 1. The minimum atomic E-state index is -0.629. The van der Waals surface area contributed by atoms with Crippen molar-refractivity contribution in [2.75, 3.05) is 0 Å². The molecule has 96 valence electrons. The second kappa shape index (κ2) is 5.52. The number of rotatable bonds is 3. The average Bonchev–Trinajstić information content (AvgIpc) is 2.78. The van der Waals surface area contributed by atoms with E-state index in [4.69, 9.17) is 11.5 Å². The molecule has 9 heteroatoms. The van der Waals surface area contributed by atoms with E-state index in [2.05, 4.69) is 20.1 Å². The van der Waals surface area contributed by atoms with Crippen LogP contribution in [0.4, 0.5) is 0 Å². The largest absolute Gasteiger partial charge is 0.364 e. The highest BCUT2D eigenvalue weighted by Crippen LogP contribution is 2.10. The summed E-state index contributed by atoms with van der Waals surface area (Å²) in [4.78, 5) is 22.8. The Balaban J connectivity index is 0.00000162. The Bertz CT molecular complexity index is 553. The Morgan fingerprint density at radius 1 is 1.33 bits per heavy atom.